The van der Waals surface area contributed by atoms with Crippen molar-refractivity contribution in [3.8, 4) is 0 Å². The van der Waals surface area contributed by atoms with E-state index in [2.05, 4.69) is 23.4 Å². The molecule has 0 aromatic rings. The predicted molar refractivity (Wildman–Crippen MR) is 28.0 cm³/mol. The minimum atomic E-state index is 0.638. The highest BCUT2D eigenvalue weighted by molar-refractivity contribution is 5.27. The molecule has 7 heavy (non-hydrogen) atoms. The molecule has 0 saturated carbocycles. The summed E-state index contributed by atoms with van der Waals surface area (Å²) in [6.07, 6.45) is 0. The van der Waals surface area contributed by atoms with Crippen LogP contribution in [0, 0.1) is 0 Å². The Morgan fingerprint density at radius 2 is 2.14 bits per heavy atom. The smallest absolute Gasteiger partial charge is 0.0869 e. The van der Waals surface area contributed by atoms with E-state index in [1.165, 1.54) is 0 Å². The van der Waals surface area contributed by atoms with E-state index in [4.69, 9.17) is 0 Å². The van der Waals surface area contributed by atoms with Crippen molar-refractivity contribution >= 4 is 0 Å². The van der Waals surface area contributed by atoms with Crippen molar-refractivity contribution in [1.82, 2.24) is 0 Å². The van der Waals surface area contributed by atoms with Gasteiger partial charge in [-0.1, -0.05) is 13.2 Å². The van der Waals surface area contributed by atoms with Crippen LogP contribution in [0.15, 0.2) is 34.7 Å². The van der Waals surface area contributed by atoms with Gasteiger partial charge >= 0.3 is 0 Å². The van der Waals surface area contributed by atoms with Crippen LogP contribution in [0.1, 0.15) is 0 Å². The van der Waals surface area contributed by atoms with E-state index >= 15 is 0 Å². The van der Waals surface area contributed by atoms with Crippen molar-refractivity contribution in [3.05, 3.63) is 24.4 Å². The molecule has 0 spiro atoms. The summed E-state index contributed by atoms with van der Waals surface area (Å²) >= 11 is 0. The Morgan fingerprint density at radius 1 is 1.43 bits per heavy atom. The molecule has 0 unspecified atom stereocenters. The first-order valence-corrected chi connectivity index (χ1v) is 2.05. The molecule has 0 atom stereocenters. The Labute approximate surface area is 42.3 Å². The second-order valence-corrected chi connectivity index (χ2v) is 1.45. The van der Waals surface area contributed by atoms with Crippen LogP contribution in [0.3, 0.4) is 0 Å². The van der Waals surface area contributed by atoms with Gasteiger partial charge in [0.15, 0.2) is 0 Å². The average Bonchev–Trinajstić information content (AvgIpc) is 1.91. The maximum atomic E-state index is 3.67. The molecule has 0 aliphatic carbocycles. The van der Waals surface area contributed by atoms with Crippen molar-refractivity contribution in [2.45, 2.75) is 0 Å². The van der Waals surface area contributed by atoms with Crippen molar-refractivity contribution in [2.75, 3.05) is 6.54 Å². The highest BCUT2D eigenvalue weighted by Crippen LogP contribution is 2.13. The summed E-state index contributed by atoms with van der Waals surface area (Å²) in [5.41, 5.74) is 1.65. The molecule has 2 nitrogen and oxygen atoms in total. The topological polar surface area (TPSA) is 24.7 Å². The highest BCUT2D eigenvalue weighted by Gasteiger charge is 2.02. The molecule has 1 rings (SSSR count). The van der Waals surface area contributed by atoms with E-state index in [-0.39, 0.29) is 0 Å². The maximum Gasteiger partial charge on any atom is 0.0869 e. The first kappa shape index (κ1) is 4.24. The quantitative estimate of drug-likeness (QED) is 0.434. The summed E-state index contributed by atoms with van der Waals surface area (Å²) in [6, 6.07) is 0. The summed E-state index contributed by atoms with van der Waals surface area (Å²) in [7, 11) is 0. The number of nitrogens with zero attached hydrogens (tertiary/aromatic N) is 2. The van der Waals surface area contributed by atoms with Crippen molar-refractivity contribution in [3.63, 3.8) is 0 Å². The van der Waals surface area contributed by atoms with Crippen LogP contribution < -0.4 is 0 Å². The fourth-order valence-corrected chi connectivity index (χ4v) is 0.368. The molecular formula is C5H6N2. The molecule has 0 radical (unpaired) electrons. The van der Waals surface area contributed by atoms with Crippen LogP contribution >= 0.6 is 0 Å². The molecule has 36 valence electrons. The zero-order valence-corrected chi connectivity index (χ0v) is 4.02. The Bertz CT molecular complexity index is 144. The van der Waals surface area contributed by atoms with Gasteiger partial charge in [-0.25, -0.2) is 0 Å². The molecule has 1 heterocycles. The lowest BCUT2D eigenvalue weighted by atomic mass is 10.3. The zero-order valence-electron chi connectivity index (χ0n) is 4.02. The molecule has 0 amide bonds. The maximum absolute atomic E-state index is 3.67. The highest BCUT2D eigenvalue weighted by atomic mass is 15.1. The molecular weight excluding hydrogens is 88.1 g/mol. The molecule has 1 aliphatic rings. The first-order valence-electron chi connectivity index (χ1n) is 2.05. The van der Waals surface area contributed by atoms with Gasteiger partial charge in [0.05, 0.1) is 12.2 Å². The van der Waals surface area contributed by atoms with Gasteiger partial charge in [0.2, 0.25) is 0 Å². The summed E-state index contributed by atoms with van der Waals surface area (Å²) < 4.78 is 0. The van der Waals surface area contributed by atoms with Crippen LogP contribution in [0.2, 0.25) is 0 Å². The van der Waals surface area contributed by atoms with Gasteiger partial charge in [-0.2, -0.15) is 10.2 Å². The molecule has 0 aromatic heterocycles. The minimum Gasteiger partial charge on any atom is -0.184 e. The Kier molecular flexibility index (Phi) is 0.785. The van der Waals surface area contributed by atoms with Gasteiger partial charge in [0.1, 0.15) is 0 Å². The molecule has 0 bridgehead atoms. The second-order valence-electron chi connectivity index (χ2n) is 1.45. The molecule has 1 aliphatic heterocycles. The summed E-state index contributed by atoms with van der Waals surface area (Å²) in [5.74, 6) is 0. The lowest BCUT2D eigenvalue weighted by Gasteiger charge is -1.82. The number of azo groups is 1. The minimum absolute atomic E-state index is 0.638. The fourth-order valence-electron chi connectivity index (χ4n) is 0.368. The fraction of sp³-hybridized carbons (Fsp3) is 0.200. The SMILES string of the molecule is C=C1CN=NC1=C. The molecule has 0 N–H and O–H groups in total. The molecule has 2 heteroatoms. The molecule has 0 fully saturated rings. The lowest BCUT2D eigenvalue weighted by Crippen LogP contribution is -1.75. The van der Waals surface area contributed by atoms with E-state index in [1.807, 2.05) is 0 Å². The van der Waals surface area contributed by atoms with Crippen LogP contribution in [0.4, 0.5) is 0 Å². The van der Waals surface area contributed by atoms with E-state index in [9.17, 15) is 0 Å². The summed E-state index contributed by atoms with van der Waals surface area (Å²) in [5, 5.41) is 7.32. The third-order valence-electron chi connectivity index (χ3n) is 0.861. The summed E-state index contributed by atoms with van der Waals surface area (Å²) in [4.78, 5) is 0. The van der Waals surface area contributed by atoms with Gasteiger partial charge in [-0.05, 0) is 5.57 Å². The summed E-state index contributed by atoms with van der Waals surface area (Å²) in [6.45, 7) is 7.86. The predicted octanol–water partition coefficient (Wildman–Crippen LogP) is 1.52. The number of hydrogen-bond donors (Lipinski definition) is 0. The Hall–Kier alpha value is -0.920. The lowest BCUT2D eigenvalue weighted by molar-refractivity contribution is 1.14. The Balaban J connectivity index is 2.81. The van der Waals surface area contributed by atoms with E-state index in [0.29, 0.717) is 6.54 Å². The normalized spacial score (nSPS) is 18.9. The number of hydrogen-bond acceptors (Lipinski definition) is 2. The van der Waals surface area contributed by atoms with E-state index < -0.39 is 0 Å². The third-order valence-corrected chi connectivity index (χ3v) is 0.861. The van der Waals surface area contributed by atoms with Gasteiger partial charge in [-0.3, -0.25) is 0 Å². The first-order chi connectivity index (χ1) is 3.30. The monoisotopic (exact) mass is 94.1 g/mol. The van der Waals surface area contributed by atoms with Crippen LogP contribution in [-0.2, 0) is 0 Å². The second kappa shape index (κ2) is 1.30. The van der Waals surface area contributed by atoms with E-state index in [1.54, 1.807) is 0 Å². The zero-order chi connectivity index (χ0) is 5.28. The van der Waals surface area contributed by atoms with Crippen LogP contribution in [0.5, 0.6) is 0 Å². The molecule has 0 saturated heterocycles. The van der Waals surface area contributed by atoms with Crippen molar-refractivity contribution in [1.29, 1.82) is 0 Å². The van der Waals surface area contributed by atoms with Crippen molar-refractivity contribution in [2.24, 2.45) is 10.2 Å². The van der Waals surface area contributed by atoms with Gasteiger partial charge in [0, 0.05) is 0 Å². The largest absolute Gasteiger partial charge is 0.184 e. The molecule has 0 aromatic carbocycles. The third kappa shape index (κ3) is 0.585. The van der Waals surface area contributed by atoms with Gasteiger partial charge in [-0.15, -0.1) is 0 Å². The Morgan fingerprint density at radius 3 is 2.29 bits per heavy atom. The van der Waals surface area contributed by atoms with Crippen molar-refractivity contribution < 1.29 is 0 Å². The average molecular weight is 94.1 g/mol. The number of rotatable bonds is 0. The van der Waals surface area contributed by atoms with Gasteiger partial charge in [0.25, 0.3) is 0 Å². The standard InChI is InChI=1S/C5H6N2/c1-4-3-6-7-5(4)2/h1-3H2. The van der Waals surface area contributed by atoms with Gasteiger partial charge < -0.3 is 0 Å². The van der Waals surface area contributed by atoms with E-state index in [0.717, 1.165) is 11.3 Å². The van der Waals surface area contributed by atoms with Crippen LogP contribution in [0.25, 0.3) is 0 Å². The van der Waals surface area contributed by atoms with Crippen LogP contribution in [-0.4, -0.2) is 6.54 Å².